The summed E-state index contributed by atoms with van der Waals surface area (Å²) in [6.07, 6.45) is 1.08. The largest absolute Gasteiger partial charge is 0.493 e. The molecule has 3 aromatic carbocycles. The highest BCUT2D eigenvalue weighted by molar-refractivity contribution is 7.92. The van der Waals surface area contributed by atoms with Crippen LogP contribution in [0.25, 0.3) is 11.3 Å². The number of carbonyl (C=O) groups excluding carboxylic acids is 2. The minimum atomic E-state index is -3.73. The van der Waals surface area contributed by atoms with Gasteiger partial charge in [0.15, 0.2) is 11.5 Å². The number of ether oxygens (including phenoxy) is 2. The normalized spacial score (nSPS) is 13.6. The van der Waals surface area contributed by atoms with E-state index in [1.807, 2.05) is 44.2 Å². The van der Waals surface area contributed by atoms with Gasteiger partial charge in [-0.2, -0.15) is 0 Å². The zero-order valence-corrected chi connectivity index (χ0v) is 24.5. The lowest BCUT2D eigenvalue weighted by atomic mass is 9.99. The number of carbonyl (C=O) groups is 2. The maximum Gasteiger partial charge on any atom is 0.258 e. The number of hydrogen-bond donors (Lipinski definition) is 2. The maximum absolute atomic E-state index is 13.3. The lowest BCUT2D eigenvalue weighted by Gasteiger charge is -2.26. The van der Waals surface area contributed by atoms with Gasteiger partial charge in [-0.05, 0) is 49.7 Å². The Morgan fingerprint density at radius 3 is 2.10 bits per heavy atom. The predicted molar refractivity (Wildman–Crippen MR) is 162 cm³/mol. The van der Waals surface area contributed by atoms with Gasteiger partial charge >= 0.3 is 0 Å². The molecule has 0 saturated carbocycles. The third kappa shape index (κ3) is 6.30. The monoisotopic (exact) mass is 578 g/mol. The van der Waals surface area contributed by atoms with Crippen molar-refractivity contribution in [3.63, 3.8) is 0 Å². The molecule has 0 radical (unpaired) electrons. The fourth-order valence-corrected chi connectivity index (χ4v) is 5.53. The van der Waals surface area contributed by atoms with E-state index < -0.39 is 10.0 Å². The highest BCUT2D eigenvalue weighted by Gasteiger charge is 2.30. The molecule has 1 aliphatic rings. The maximum atomic E-state index is 13.3. The fraction of sp³-hybridized carbons (Fsp3) is 0.267. The molecule has 0 fully saturated rings. The van der Waals surface area contributed by atoms with E-state index in [9.17, 15) is 18.0 Å². The van der Waals surface area contributed by atoms with Gasteiger partial charge in [0.25, 0.3) is 5.91 Å². The van der Waals surface area contributed by atoms with Crippen molar-refractivity contribution >= 4 is 50.2 Å². The number of nitrogens with one attached hydrogen (secondary N) is 2. The van der Waals surface area contributed by atoms with Gasteiger partial charge in [0.2, 0.25) is 15.9 Å². The summed E-state index contributed by atoms with van der Waals surface area (Å²) in [5.41, 5.74) is 3.95. The Morgan fingerprint density at radius 1 is 0.927 bits per heavy atom. The molecule has 0 spiro atoms. The van der Waals surface area contributed by atoms with Crippen LogP contribution in [0.4, 0.5) is 17.1 Å². The number of methoxy groups -OCH3 is 2. The molecule has 0 atom stereocenters. The lowest BCUT2D eigenvalue weighted by molar-refractivity contribution is -0.129. The molecular formula is C30H34N4O6S. The van der Waals surface area contributed by atoms with E-state index in [-0.39, 0.29) is 18.4 Å². The van der Waals surface area contributed by atoms with Gasteiger partial charge in [0.1, 0.15) is 6.54 Å². The van der Waals surface area contributed by atoms with Crippen LogP contribution in [0.1, 0.15) is 25.0 Å². The number of rotatable bonds is 11. The first-order valence-electron chi connectivity index (χ1n) is 13.1. The van der Waals surface area contributed by atoms with Crippen molar-refractivity contribution in [2.75, 3.05) is 55.0 Å². The first kappa shape index (κ1) is 29.5. The predicted octanol–water partition coefficient (Wildman–Crippen LogP) is 4.27. The summed E-state index contributed by atoms with van der Waals surface area (Å²) in [4.78, 5) is 27.6. The summed E-state index contributed by atoms with van der Waals surface area (Å²) in [5.74, 6) is 0.401. The topological polar surface area (TPSA) is 117 Å². The first-order chi connectivity index (χ1) is 19.6. The van der Waals surface area contributed by atoms with E-state index in [1.54, 1.807) is 41.3 Å². The molecule has 0 unspecified atom stereocenters. The summed E-state index contributed by atoms with van der Waals surface area (Å²) in [7, 11) is -0.664. The smallest absolute Gasteiger partial charge is 0.258 e. The van der Waals surface area contributed by atoms with Crippen LogP contribution >= 0.6 is 0 Å². The zero-order chi connectivity index (χ0) is 29.7. The average molecular weight is 579 g/mol. The third-order valence-electron chi connectivity index (χ3n) is 6.80. The third-order valence-corrected chi connectivity index (χ3v) is 7.94. The van der Waals surface area contributed by atoms with E-state index in [4.69, 9.17) is 9.47 Å². The van der Waals surface area contributed by atoms with Gasteiger partial charge in [0.05, 0.1) is 43.1 Å². The van der Waals surface area contributed by atoms with Crippen LogP contribution in [-0.4, -0.2) is 65.2 Å². The Balaban J connectivity index is 1.74. The minimum absolute atomic E-state index is 0.281. The molecule has 0 aromatic heterocycles. The number of benzene rings is 3. The second kappa shape index (κ2) is 12.3. The van der Waals surface area contributed by atoms with Crippen molar-refractivity contribution in [3.8, 4) is 11.5 Å². The van der Waals surface area contributed by atoms with Crippen molar-refractivity contribution in [2.45, 2.75) is 13.8 Å². The van der Waals surface area contributed by atoms with Crippen molar-refractivity contribution in [1.29, 1.82) is 0 Å². The summed E-state index contributed by atoms with van der Waals surface area (Å²) < 4.78 is 37.2. The Morgan fingerprint density at radius 2 is 1.54 bits per heavy atom. The van der Waals surface area contributed by atoms with Gasteiger partial charge in [-0.25, -0.2) is 8.42 Å². The minimum Gasteiger partial charge on any atom is -0.493 e. The van der Waals surface area contributed by atoms with Gasteiger partial charge in [-0.3, -0.25) is 13.9 Å². The molecule has 0 aliphatic carbocycles. The van der Waals surface area contributed by atoms with Crippen molar-refractivity contribution in [2.24, 2.45) is 0 Å². The molecule has 0 bridgehead atoms. The molecule has 2 amide bonds. The number of anilines is 3. The summed E-state index contributed by atoms with van der Waals surface area (Å²) in [5, 5.41) is 6.27. The Bertz CT molecular complexity index is 1570. The molecular weight excluding hydrogens is 544 g/mol. The van der Waals surface area contributed by atoms with Crippen LogP contribution in [0, 0.1) is 0 Å². The summed E-state index contributed by atoms with van der Waals surface area (Å²) >= 11 is 0. The standard InChI is InChI=1S/C30H34N4O6S/c1-6-33(7-2)27(35)19-34(41(5,37)38)22-15-13-21(14-16-22)31-29(20-11-9-8-10-12-20)28-23-17-25(39-3)26(40-4)18-24(23)32-30(28)36/h8-18,31H,6-7,19H2,1-5H3,(H,32,36)/b29-28-. The molecule has 4 rings (SSSR count). The van der Waals surface area contributed by atoms with Crippen LogP contribution in [0.5, 0.6) is 11.5 Å². The number of fused-ring (bicyclic) bond motifs is 1. The number of likely N-dealkylation sites (N-methyl/N-ethyl adjacent to an activating group) is 1. The van der Waals surface area contributed by atoms with Crippen molar-refractivity contribution < 1.29 is 27.5 Å². The number of sulfonamides is 1. The SMILES string of the molecule is CCN(CC)C(=O)CN(c1ccc(N/C(=C2\C(=O)Nc3cc(OC)c(OC)cc32)c2ccccc2)cc1)S(C)(=O)=O. The average Bonchev–Trinajstić information content (AvgIpc) is 3.28. The molecule has 1 aliphatic heterocycles. The van der Waals surface area contributed by atoms with Crippen LogP contribution in [0.3, 0.4) is 0 Å². The van der Waals surface area contributed by atoms with Crippen LogP contribution in [-0.2, 0) is 19.6 Å². The second-order valence-corrected chi connectivity index (χ2v) is 11.2. The van der Waals surface area contributed by atoms with Gasteiger partial charge in [-0.15, -0.1) is 0 Å². The quantitative estimate of drug-likeness (QED) is 0.326. The molecule has 3 aromatic rings. The van der Waals surface area contributed by atoms with Crippen LogP contribution in [0.15, 0.2) is 66.7 Å². The molecule has 11 heteroatoms. The molecule has 1 heterocycles. The van der Waals surface area contributed by atoms with Crippen LogP contribution < -0.4 is 24.4 Å². The van der Waals surface area contributed by atoms with Crippen molar-refractivity contribution in [1.82, 2.24) is 4.90 Å². The Labute approximate surface area is 240 Å². The summed E-state index contributed by atoms with van der Waals surface area (Å²) in [6.45, 7) is 4.38. The van der Waals surface area contributed by atoms with Crippen molar-refractivity contribution in [3.05, 3.63) is 77.9 Å². The van der Waals surface area contributed by atoms with Gasteiger partial charge < -0.3 is 25.0 Å². The summed E-state index contributed by atoms with van der Waals surface area (Å²) in [6, 6.07) is 19.6. The van der Waals surface area contributed by atoms with Gasteiger partial charge in [-0.1, -0.05) is 30.3 Å². The van der Waals surface area contributed by atoms with Gasteiger partial charge in [0, 0.05) is 30.4 Å². The number of amides is 2. The second-order valence-electron chi connectivity index (χ2n) is 9.33. The first-order valence-corrected chi connectivity index (χ1v) is 15.0. The van der Waals surface area contributed by atoms with E-state index >= 15 is 0 Å². The fourth-order valence-electron chi connectivity index (χ4n) is 4.68. The van der Waals surface area contributed by atoms with Crippen LogP contribution in [0.2, 0.25) is 0 Å². The Hall–Kier alpha value is -4.51. The van der Waals surface area contributed by atoms with E-state index in [2.05, 4.69) is 10.6 Å². The number of nitrogens with zero attached hydrogens (tertiary/aromatic N) is 2. The molecule has 0 saturated heterocycles. The lowest BCUT2D eigenvalue weighted by Crippen LogP contribution is -2.42. The van der Waals surface area contributed by atoms with E-state index in [1.165, 1.54) is 14.2 Å². The Kier molecular flexibility index (Phi) is 8.87. The molecule has 10 nitrogen and oxygen atoms in total. The zero-order valence-electron chi connectivity index (χ0n) is 23.7. The van der Waals surface area contributed by atoms with E-state index in [0.717, 1.165) is 16.1 Å². The highest BCUT2D eigenvalue weighted by atomic mass is 32.2. The highest BCUT2D eigenvalue weighted by Crippen LogP contribution is 2.43. The van der Waals surface area contributed by atoms with E-state index in [0.29, 0.717) is 58.5 Å². The molecule has 2 N–H and O–H groups in total. The number of hydrogen-bond acceptors (Lipinski definition) is 7. The molecule has 41 heavy (non-hydrogen) atoms. The molecule has 216 valence electrons.